The lowest BCUT2D eigenvalue weighted by Crippen LogP contribution is -2.21. The summed E-state index contributed by atoms with van der Waals surface area (Å²) in [6.45, 7) is 0. The summed E-state index contributed by atoms with van der Waals surface area (Å²) in [6, 6.07) is 8.63. The largest absolute Gasteiger partial charge is 0.351 e. The predicted octanol–water partition coefficient (Wildman–Crippen LogP) is 2.96. The summed E-state index contributed by atoms with van der Waals surface area (Å²) >= 11 is 9.86. The van der Waals surface area contributed by atoms with Gasteiger partial charge in [-0.25, -0.2) is 17.8 Å². The van der Waals surface area contributed by atoms with Crippen LogP contribution in [-0.2, 0) is 21.3 Å². The monoisotopic (exact) mass is 409 g/mol. The summed E-state index contributed by atoms with van der Waals surface area (Å²) < 4.78 is 44.8. The van der Waals surface area contributed by atoms with Crippen molar-refractivity contribution in [2.45, 2.75) is 4.90 Å². The van der Waals surface area contributed by atoms with E-state index in [9.17, 15) is 17.2 Å². The zero-order chi connectivity index (χ0) is 18.1. The highest BCUT2D eigenvalue weighted by atomic mass is 35.5. The van der Waals surface area contributed by atoms with Gasteiger partial charge in [-0.15, -0.1) is 0 Å². The lowest BCUT2D eigenvalue weighted by atomic mass is 10.2. The molecule has 0 radical (unpaired) electrons. The fraction of sp³-hybridized carbons (Fsp3) is 0.0769. The SMILES string of the molecule is CN(c1ccc(S(N)(=O)=O)cc1Nc1c(Cl)cccc1Cl)S(=O)O. The minimum Gasteiger partial charge on any atom is -0.351 e. The molecule has 0 aliphatic heterocycles. The molecule has 0 saturated carbocycles. The Kier molecular flexibility index (Phi) is 5.74. The first-order chi connectivity index (χ1) is 11.1. The Morgan fingerprint density at radius 2 is 1.79 bits per heavy atom. The first kappa shape index (κ1) is 19.0. The maximum absolute atomic E-state index is 11.6. The molecule has 0 amide bonds. The molecule has 0 fully saturated rings. The van der Waals surface area contributed by atoms with Crippen molar-refractivity contribution in [3.05, 3.63) is 46.4 Å². The van der Waals surface area contributed by atoms with Gasteiger partial charge in [0.1, 0.15) is 0 Å². The number of hydrogen-bond acceptors (Lipinski definition) is 4. The van der Waals surface area contributed by atoms with Gasteiger partial charge < -0.3 is 5.32 Å². The van der Waals surface area contributed by atoms with E-state index in [1.54, 1.807) is 18.2 Å². The Morgan fingerprint density at radius 3 is 2.29 bits per heavy atom. The number of hydrogen-bond donors (Lipinski definition) is 3. The number of para-hydroxylation sites is 1. The molecule has 2 rings (SSSR count). The molecular weight excluding hydrogens is 397 g/mol. The number of sulfonamides is 1. The minimum atomic E-state index is -3.96. The number of nitrogens with two attached hydrogens (primary N) is 1. The van der Waals surface area contributed by atoms with Gasteiger partial charge in [-0.3, -0.25) is 8.86 Å². The van der Waals surface area contributed by atoms with Crippen LogP contribution in [0.4, 0.5) is 17.1 Å². The van der Waals surface area contributed by atoms with Crippen LogP contribution in [0.5, 0.6) is 0 Å². The number of rotatable bonds is 5. The second-order valence-corrected chi connectivity index (χ2v) is 8.06. The first-order valence-electron chi connectivity index (χ1n) is 6.34. The molecule has 4 N–H and O–H groups in total. The maximum Gasteiger partial charge on any atom is 0.261 e. The van der Waals surface area contributed by atoms with Crippen molar-refractivity contribution in [2.24, 2.45) is 5.14 Å². The zero-order valence-electron chi connectivity index (χ0n) is 12.2. The van der Waals surface area contributed by atoms with Crippen molar-refractivity contribution in [3.63, 3.8) is 0 Å². The first-order valence-corrected chi connectivity index (χ1v) is 9.70. The van der Waals surface area contributed by atoms with Gasteiger partial charge in [0.05, 0.1) is 32.0 Å². The Labute approximate surface area is 151 Å². The number of nitrogens with one attached hydrogen (secondary N) is 1. The third-order valence-corrected chi connectivity index (χ3v) is 5.30. The second-order valence-electron chi connectivity index (χ2n) is 4.67. The molecule has 2 aromatic rings. The molecule has 11 heteroatoms. The van der Waals surface area contributed by atoms with Crippen molar-refractivity contribution in [2.75, 3.05) is 16.7 Å². The summed E-state index contributed by atoms with van der Waals surface area (Å²) in [4.78, 5) is -0.172. The molecule has 0 spiro atoms. The highest BCUT2D eigenvalue weighted by molar-refractivity contribution is 7.89. The third kappa shape index (κ3) is 4.18. The molecule has 7 nitrogen and oxygen atoms in total. The van der Waals surface area contributed by atoms with E-state index in [-0.39, 0.29) is 16.3 Å². The zero-order valence-corrected chi connectivity index (χ0v) is 15.4. The summed E-state index contributed by atoms with van der Waals surface area (Å²) in [7, 11) is -2.60. The van der Waals surface area contributed by atoms with Crippen molar-refractivity contribution in [1.82, 2.24) is 0 Å². The molecule has 0 aliphatic rings. The van der Waals surface area contributed by atoms with E-state index >= 15 is 0 Å². The van der Waals surface area contributed by atoms with E-state index in [0.717, 1.165) is 4.31 Å². The van der Waals surface area contributed by atoms with E-state index in [0.29, 0.717) is 15.7 Å². The average Bonchev–Trinajstić information content (AvgIpc) is 2.49. The van der Waals surface area contributed by atoms with E-state index in [4.69, 9.17) is 28.3 Å². The van der Waals surface area contributed by atoms with Crippen LogP contribution in [0.15, 0.2) is 41.3 Å². The Balaban J connectivity index is 2.62. The number of anilines is 3. The molecule has 2 aromatic carbocycles. The van der Waals surface area contributed by atoms with Gasteiger partial charge in [0.25, 0.3) is 11.3 Å². The van der Waals surface area contributed by atoms with Crippen molar-refractivity contribution >= 4 is 61.6 Å². The quantitative estimate of drug-likeness (QED) is 0.656. The Morgan fingerprint density at radius 1 is 1.21 bits per heavy atom. The second kappa shape index (κ2) is 7.26. The Bertz CT molecular complexity index is 886. The summed E-state index contributed by atoms with van der Waals surface area (Å²) in [5, 5.41) is 8.61. The summed E-state index contributed by atoms with van der Waals surface area (Å²) in [6.07, 6.45) is 0. The number of nitrogens with zero attached hydrogens (tertiary/aromatic N) is 1. The molecule has 0 bridgehead atoms. The van der Waals surface area contributed by atoms with Crippen LogP contribution >= 0.6 is 23.2 Å². The standard InChI is InChI=1S/C13H13Cl2N3O4S2/c1-18(23(19)20)12-6-5-8(24(16,21)22)7-11(12)17-13-9(14)3-2-4-10(13)15/h2-7,17H,1H3,(H,19,20)(H2,16,21,22). The molecule has 0 heterocycles. The van der Waals surface area contributed by atoms with Gasteiger partial charge in [0.15, 0.2) is 0 Å². The fourth-order valence-electron chi connectivity index (χ4n) is 1.90. The van der Waals surface area contributed by atoms with Crippen molar-refractivity contribution in [1.29, 1.82) is 0 Å². The van der Waals surface area contributed by atoms with Crippen LogP contribution in [0.1, 0.15) is 0 Å². The van der Waals surface area contributed by atoms with Crippen LogP contribution < -0.4 is 14.8 Å². The molecule has 24 heavy (non-hydrogen) atoms. The van der Waals surface area contributed by atoms with E-state index in [2.05, 4.69) is 5.32 Å². The maximum atomic E-state index is 11.6. The van der Waals surface area contributed by atoms with Gasteiger partial charge in [0, 0.05) is 7.05 Å². The molecule has 0 aromatic heterocycles. The topological polar surface area (TPSA) is 113 Å². The van der Waals surface area contributed by atoms with Crippen molar-refractivity contribution < 1.29 is 17.2 Å². The lowest BCUT2D eigenvalue weighted by molar-refractivity contribution is 0.562. The highest BCUT2D eigenvalue weighted by Crippen LogP contribution is 2.37. The van der Waals surface area contributed by atoms with Crippen molar-refractivity contribution in [3.8, 4) is 0 Å². The van der Waals surface area contributed by atoms with Crippen LogP contribution in [-0.4, -0.2) is 24.2 Å². The van der Waals surface area contributed by atoms with Gasteiger partial charge in [0.2, 0.25) is 10.0 Å². The minimum absolute atomic E-state index is 0.172. The van der Waals surface area contributed by atoms with Crippen LogP contribution in [0.2, 0.25) is 10.0 Å². The Hall–Kier alpha value is -1.36. The number of primary sulfonamides is 1. The van der Waals surface area contributed by atoms with Crippen LogP contribution in [0, 0.1) is 0 Å². The van der Waals surface area contributed by atoms with Crippen LogP contribution in [0.25, 0.3) is 0 Å². The van der Waals surface area contributed by atoms with E-state index in [1.807, 2.05) is 0 Å². The highest BCUT2D eigenvalue weighted by Gasteiger charge is 2.18. The molecular formula is C13H13Cl2N3O4S2. The average molecular weight is 410 g/mol. The van der Waals surface area contributed by atoms with E-state index in [1.165, 1.54) is 25.2 Å². The molecule has 1 unspecified atom stereocenters. The lowest BCUT2D eigenvalue weighted by Gasteiger charge is -2.20. The van der Waals surface area contributed by atoms with E-state index < -0.39 is 21.3 Å². The normalized spacial score (nSPS) is 12.7. The van der Waals surface area contributed by atoms with Gasteiger partial charge in [-0.05, 0) is 30.3 Å². The summed E-state index contributed by atoms with van der Waals surface area (Å²) in [5.41, 5.74) is 0.770. The molecule has 130 valence electrons. The molecule has 0 saturated heterocycles. The number of benzene rings is 2. The smallest absolute Gasteiger partial charge is 0.261 e. The third-order valence-electron chi connectivity index (χ3n) is 3.09. The predicted molar refractivity (Wildman–Crippen MR) is 96.7 cm³/mol. The number of halogens is 2. The fourth-order valence-corrected chi connectivity index (χ4v) is 3.26. The van der Waals surface area contributed by atoms with Gasteiger partial charge in [-0.2, -0.15) is 0 Å². The summed E-state index contributed by atoms with van der Waals surface area (Å²) in [5.74, 6) is 0. The van der Waals surface area contributed by atoms with Crippen LogP contribution in [0.3, 0.4) is 0 Å². The van der Waals surface area contributed by atoms with Gasteiger partial charge >= 0.3 is 0 Å². The molecule has 0 aliphatic carbocycles. The molecule has 1 atom stereocenters. The van der Waals surface area contributed by atoms with Gasteiger partial charge in [-0.1, -0.05) is 29.3 Å².